The number of aromatic nitrogens is 4. The highest BCUT2D eigenvalue weighted by molar-refractivity contribution is 9.10. The predicted molar refractivity (Wildman–Crippen MR) is 117 cm³/mol. The molecule has 4 aromatic rings. The number of benzene rings is 2. The van der Waals surface area contributed by atoms with Crippen LogP contribution in [0.3, 0.4) is 0 Å². The van der Waals surface area contributed by atoms with Gasteiger partial charge in [0.25, 0.3) is 0 Å². The Kier molecular flexibility index (Phi) is 5.12. The summed E-state index contributed by atoms with van der Waals surface area (Å²) in [5.74, 6) is 0.743. The molecule has 0 aliphatic carbocycles. The first kappa shape index (κ1) is 19.0. The third-order valence-electron chi connectivity index (χ3n) is 4.65. The van der Waals surface area contributed by atoms with Crippen LogP contribution in [0, 0.1) is 20.8 Å². The van der Waals surface area contributed by atoms with Crippen molar-refractivity contribution in [1.29, 1.82) is 0 Å². The summed E-state index contributed by atoms with van der Waals surface area (Å²) in [6.07, 6.45) is 0. The van der Waals surface area contributed by atoms with Crippen LogP contribution in [-0.2, 0) is 5.75 Å². The molecule has 7 heteroatoms. The normalized spacial score (nSPS) is 11.3. The van der Waals surface area contributed by atoms with E-state index in [-0.39, 0.29) is 5.69 Å². The summed E-state index contributed by atoms with van der Waals surface area (Å²) < 4.78 is 2.34. The zero-order valence-electron chi connectivity index (χ0n) is 15.8. The fourth-order valence-electron chi connectivity index (χ4n) is 3.15. The molecule has 142 valence electrons. The van der Waals surface area contributed by atoms with E-state index in [0.717, 1.165) is 27.0 Å². The second-order valence-electron chi connectivity index (χ2n) is 6.77. The molecule has 4 rings (SSSR count). The number of halogens is 1. The number of fused-ring (bicyclic) bond motifs is 1. The monoisotopic (exact) mass is 454 g/mol. The number of thioether (sulfide) groups is 1. The minimum Gasteiger partial charge on any atom is -0.285 e. The first-order valence-electron chi connectivity index (χ1n) is 8.87. The van der Waals surface area contributed by atoms with E-state index in [1.165, 1.54) is 33.0 Å². The highest BCUT2D eigenvalue weighted by Crippen LogP contribution is 2.29. The van der Waals surface area contributed by atoms with Crippen LogP contribution in [0.15, 0.2) is 56.9 Å². The van der Waals surface area contributed by atoms with E-state index < -0.39 is 0 Å². The minimum atomic E-state index is -0.278. The van der Waals surface area contributed by atoms with E-state index in [1.807, 2.05) is 31.2 Å². The van der Waals surface area contributed by atoms with Crippen LogP contribution in [0.5, 0.6) is 0 Å². The Morgan fingerprint density at radius 2 is 1.86 bits per heavy atom. The second kappa shape index (κ2) is 7.56. The topological polar surface area (TPSA) is 63.1 Å². The molecule has 0 unspecified atom stereocenters. The maximum absolute atomic E-state index is 12.6. The molecule has 2 aromatic heterocycles. The molecular formula is C21H19BrN4OS. The SMILES string of the molecule is Cc1ccc(C)c(CSc2nc3c(-c4ccc(Br)cc4)c(C)nn3c(=O)[nH]2)c1. The van der Waals surface area contributed by atoms with Gasteiger partial charge >= 0.3 is 5.69 Å². The quantitative estimate of drug-likeness (QED) is 0.437. The molecule has 5 nitrogen and oxygen atoms in total. The van der Waals surface area contributed by atoms with Gasteiger partial charge in [0.15, 0.2) is 10.8 Å². The van der Waals surface area contributed by atoms with E-state index in [4.69, 9.17) is 4.98 Å². The van der Waals surface area contributed by atoms with Gasteiger partial charge in [0.05, 0.1) is 5.69 Å². The van der Waals surface area contributed by atoms with Gasteiger partial charge < -0.3 is 0 Å². The van der Waals surface area contributed by atoms with Gasteiger partial charge in [0, 0.05) is 15.8 Å². The largest absolute Gasteiger partial charge is 0.350 e. The molecule has 0 spiro atoms. The van der Waals surface area contributed by atoms with Crippen molar-refractivity contribution >= 4 is 33.3 Å². The summed E-state index contributed by atoms with van der Waals surface area (Å²) in [7, 11) is 0. The Bertz CT molecular complexity index is 1230. The van der Waals surface area contributed by atoms with Gasteiger partial charge in [0.2, 0.25) is 0 Å². The van der Waals surface area contributed by atoms with Crippen molar-refractivity contribution < 1.29 is 0 Å². The van der Waals surface area contributed by atoms with E-state index >= 15 is 0 Å². The van der Waals surface area contributed by atoms with Crippen molar-refractivity contribution in [3.05, 3.63) is 79.8 Å². The van der Waals surface area contributed by atoms with E-state index in [2.05, 4.69) is 58.1 Å². The average molecular weight is 455 g/mol. The van der Waals surface area contributed by atoms with Crippen LogP contribution >= 0.6 is 27.7 Å². The molecule has 0 fully saturated rings. The lowest BCUT2D eigenvalue weighted by molar-refractivity contribution is 0.779. The van der Waals surface area contributed by atoms with Crippen molar-refractivity contribution in [3.8, 4) is 11.1 Å². The molecule has 0 radical (unpaired) electrons. The summed E-state index contributed by atoms with van der Waals surface area (Å²) in [5, 5.41) is 4.98. The molecule has 28 heavy (non-hydrogen) atoms. The van der Waals surface area contributed by atoms with Crippen molar-refractivity contribution in [3.63, 3.8) is 0 Å². The molecule has 0 saturated heterocycles. The van der Waals surface area contributed by atoms with Gasteiger partial charge in [-0.25, -0.2) is 9.78 Å². The highest BCUT2D eigenvalue weighted by atomic mass is 79.9. The maximum Gasteiger partial charge on any atom is 0.350 e. The lowest BCUT2D eigenvalue weighted by atomic mass is 10.1. The van der Waals surface area contributed by atoms with Crippen LogP contribution in [0.4, 0.5) is 0 Å². The highest BCUT2D eigenvalue weighted by Gasteiger charge is 2.16. The van der Waals surface area contributed by atoms with Gasteiger partial charge in [-0.3, -0.25) is 4.98 Å². The van der Waals surface area contributed by atoms with Gasteiger partial charge in [-0.05, 0) is 49.6 Å². The van der Waals surface area contributed by atoms with E-state index in [9.17, 15) is 4.79 Å². The van der Waals surface area contributed by atoms with Crippen LogP contribution in [0.25, 0.3) is 16.8 Å². The van der Waals surface area contributed by atoms with Crippen LogP contribution in [0.1, 0.15) is 22.4 Å². The zero-order valence-corrected chi connectivity index (χ0v) is 18.2. The smallest absolute Gasteiger partial charge is 0.285 e. The lowest BCUT2D eigenvalue weighted by Crippen LogP contribution is -2.19. The molecule has 0 saturated carbocycles. The number of H-pyrrole nitrogens is 1. The Hall–Kier alpha value is -2.38. The Balaban J connectivity index is 1.74. The van der Waals surface area contributed by atoms with Gasteiger partial charge in [-0.15, -0.1) is 0 Å². The molecule has 1 N–H and O–H groups in total. The van der Waals surface area contributed by atoms with Crippen molar-refractivity contribution in [2.45, 2.75) is 31.7 Å². The number of aryl methyl sites for hydroxylation is 3. The summed E-state index contributed by atoms with van der Waals surface area (Å²) in [6.45, 7) is 6.08. The number of aromatic amines is 1. The Morgan fingerprint density at radius 3 is 2.61 bits per heavy atom. The van der Waals surface area contributed by atoms with Gasteiger partial charge in [0.1, 0.15) is 0 Å². The summed E-state index contributed by atoms with van der Waals surface area (Å²) in [6, 6.07) is 14.4. The molecule has 0 aliphatic rings. The first-order chi connectivity index (χ1) is 13.4. The van der Waals surface area contributed by atoms with E-state index in [1.54, 1.807) is 0 Å². The molecule has 0 atom stereocenters. The molecule has 2 heterocycles. The van der Waals surface area contributed by atoms with Crippen molar-refractivity contribution in [2.75, 3.05) is 0 Å². The maximum atomic E-state index is 12.6. The van der Waals surface area contributed by atoms with Crippen LogP contribution in [-0.4, -0.2) is 19.6 Å². The van der Waals surface area contributed by atoms with Crippen LogP contribution in [0.2, 0.25) is 0 Å². The summed E-state index contributed by atoms with van der Waals surface area (Å²) in [4.78, 5) is 20.1. The molecule has 0 bridgehead atoms. The molecule has 0 aliphatic heterocycles. The molecule has 0 amide bonds. The van der Waals surface area contributed by atoms with Gasteiger partial charge in [-0.1, -0.05) is 63.6 Å². The minimum absolute atomic E-state index is 0.278. The standard InChI is InChI=1S/C21H19BrN4OS/c1-12-4-5-13(2)16(10-12)11-28-20-23-19-18(15-6-8-17(22)9-7-15)14(3)25-26(19)21(27)24-20/h4-10H,11H2,1-3H3,(H,23,24,27). The predicted octanol–water partition coefficient (Wildman–Crippen LogP) is 5.06. The van der Waals surface area contributed by atoms with Crippen LogP contribution < -0.4 is 5.69 Å². The van der Waals surface area contributed by atoms with Crippen molar-refractivity contribution in [2.24, 2.45) is 0 Å². The summed E-state index contributed by atoms with van der Waals surface area (Å²) in [5.41, 5.74) is 6.64. The lowest BCUT2D eigenvalue weighted by Gasteiger charge is -2.07. The van der Waals surface area contributed by atoms with Gasteiger partial charge in [-0.2, -0.15) is 9.61 Å². The molecular weight excluding hydrogens is 436 g/mol. The number of rotatable bonds is 4. The third-order valence-corrected chi connectivity index (χ3v) is 6.10. The van der Waals surface area contributed by atoms with E-state index in [0.29, 0.717) is 10.8 Å². The van der Waals surface area contributed by atoms with Crippen molar-refractivity contribution in [1.82, 2.24) is 19.6 Å². The molecule has 2 aromatic carbocycles. The third kappa shape index (κ3) is 3.64. The summed E-state index contributed by atoms with van der Waals surface area (Å²) >= 11 is 4.98. The zero-order chi connectivity index (χ0) is 19.8. The fraction of sp³-hybridized carbons (Fsp3) is 0.190. The Labute approximate surface area is 175 Å². The first-order valence-corrected chi connectivity index (χ1v) is 10.6. The second-order valence-corrected chi connectivity index (χ2v) is 8.65. The number of nitrogens with zero attached hydrogens (tertiary/aromatic N) is 3. The number of hydrogen-bond acceptors (Lipinski definition) is 4. The number of hydrogen-bond donors (Lipinski definition) is 1. The fourth-order valence-corrected chi connectivity index (χ4v) is 4.33. The number of nitrogens with one attached hydrogen (secondary N) is 1. The Morgan fingerprint density at radius 1 is 1.11 bits per heavy atom. The average Bonchev–Trinajstić information content (AvgIpc) is 3.00.